The molecule has 17 heavy (non-hydrogen) atoms. The SMILES string of the molecule is COc1ccc(C(=O)/C=C/C2C=CC=C2)cc1. The van der Waals surface area contributed by atoms with Crippen molar-refractivity contribution >= 4 is 5.78 Å². The third kappa shape index (κ3) is 2.94. The molecule has 1 aromatic carbocycles. The summed E-state index contributed by atoms with van der Waals surface area (Å²) in [6, 6.07) is 7.12. The molecular formula is C15H14O2. The predicted octanol–water partition coefficient (Wildman–Crippen LogP) is 3.18. The van der Waals surface area contributed by atoms with E-state index in [1.165, 1.54) is 0 Å². The lowest BCUT2D eigenvalue weighted by Crippen LogP contribution is -1.95. The molecule has 1 aliphatic carbocycles. The Morgan fingerprint density at radius 1 is 1.18 bits per heavy atom. The molecule has 0 atom stereocenters. The highest BCUT2D eigenvalue weighted by molar-refractivity contribution is 6.04. The van der Waals surface area contributed by atoms with Crippen LogP contribution in [0.15, 0.2) is 60.7 Å². The van der Waals surface area contributed by atoms with Crippen molar-refractivity contribution in [3.8, 4) is 5.75 Å². The van der Waals surface area contributed by atoms with Gasteiger partial charge in [0.2, 0.25) is 0 Å². The van der Waals surface area contributed by atoms with Crippen LogP contribution in [-0.4, -0.2) is 12.9 Å². The van der Waals surface area contributed by atoms with Crippen LogP contribution in [0, 0.1) is 5.92 Å². The fourth-order valence-electron chi connectivity index (χ4n) is 1.63. The Hall–Kier alpha value is -2.09. The normalized spacial score (nSPS) is 14.6. The number of hydrogen-bond donors (Lipinski definition) is 0. The van der Waals surface area contributed by atoms with Gasteiger partial charge in [-0.05, 0) is 30.3 Å². The molecule has 0 saturated heterocycles. The fraction of sp³-hybridized carbons (Fsp3) is 0.133. The van der Waals surface area contributed by atoms with Gasteiger partial charge in [0.15, 0.2) is 5.78 Å². The van der Waals surface area contributed by atoms with E-state index in [0.717, 1.165) is 5.75 Å². The first-order valence-electron chi connectivity index (χ1n) is 5.51. The van der Waals surface area contributed by atoms with E-state index in [9.17, 15) is 4.79 Å². The number of carbonyl (C=O) groups excluding carboxylic acids is 1. The summed E-state index contributed by atoms with van der Waals surface area (Å²) in [4.78, 5) is 11.8. The molecule has 2 nitrogen and oxygen atoms in total. The van der Waals surface area contributed by atoms with E-state index in [0.29, 0.717) is 5.56 Å². The lowest BCUT2D eigenvalue weighted by molar-refractivity contribution is 0.104. The molecule has 0 N–H and O–H groups in total. The Bertz CT molecular complexity index is 466. The van der Waals surface area contributed by atoms with Crippen LogP contribution < -0.4 is 4.74 Å². The van der Waals surface area contributed by atoms with Crippen molar-refractivity contribution < 1.29 is 9.53 Å². The van der Waals surface area contributed by atoms with Gasteiger partial charge in [0.25, 0.3) is 0 Å². The minimum Gasteiger partial charge on any atom is -0.497 e. The molecule has 0 aromatic heterocycles. The van der Waals surface area contributed by atoms with E-state index in [1.54, 1.807) is 37.5 Å². The van der Waals surface area contributed by atoms with Gasteiger partial charge in [-0.25, -0.2) is 0 Å². The zero-order valence-electron chi connectivity index (χ0n) is 9.67. The second-order valence-electron chi connectivity index (χ2n) is 3.80. The quantitative estimate of drug-likeness (QED) is 0.582. The molecule has 0 amide bonds. The van der Waals surface area contributed by atoms with Gasteiger partial charge in [0.1, 0.15) is 5.75 Å². The first-order chi connectivity index (χ1) is 8.29. The van der Waals surface area contributed by atoms with E-state index in [2.05, 4.69) is 0 Å². The average Bonchev–Trinajstić information content (AvgIpc) is 2.89. The second kappa shape index (κ2) is 5.30. The minimum absolute atomic E-state index is 0.0151. The maximum atomic E-state index is 11.8. The number of methoxy groups -OCH3 is 1. The van der Waals surface area contributed by atoms with Crippen LogP contribution in [0.5, 0.6) is 5.75 Å². The summed E-state index contributed by atoms with van der Waals surface area (Å²) < 4.78 is 5.04. The largest absolute Gasteiger partial charge is 0.497 e. The van der Waals surface area contributed by atoms with Crippen LogP contribution in [0.2, 0.25) is 0 Å². The van der Waals surface area contributed by atoms with Crippen LogP contribution in [0.1, 0.15) is 10.4 Å². The molecule has 0 fully saturated rings. The van der Waals surface area contributed by atoms with E-state index < -0.39 is 0 Å². The Balaban J connectivity index is 2.03. The summed E-state index contributed by atoms with van der Waals surface area (Å²) in [6.45, 7) is 0. The zero-order valence-corrected chi connectivity index (χ0v) is 9.67. The first-order valence-corrected chi connectivity index (χ1v) is 5.51. The molecule has 0 unspecified atom stereocenters. The molecule has 2 heteroatoms. The summed E-state index contributed by atoms with van der Waals surface area (Å²) in [6.07, 6.45) is 11.5. The van der Waals surface area contributed by atoms with Crippen LogP contribution in [0.3, 0.4) is 0 Å². The summed E-state index contributed by atoms with van der Waals surface area (Å²) in [7, 11) is 1.61. The fourth-order valence-corrected chi connectivity index (χ4v) is 1.63. The number of ether oxygens (including phenoxy) is 1. The van der Waals surface area contributed by atoms with Crippen molar-refractivity contribution in [3.05, 3.63) is 66.3 Å². The lowest BCUT2D eigenvalue weighted by Gasteiger charge is -2.00. The molecule has 0 heterocycles. The highest BCUT2D eigenvalue weighted by atomic mass is 16.5. The van der Waals surface area contributed by atoms with Gasteiger partial charge in [-0.15, -0.1) is 0 Å². The number of allylic oxidation sites excluding steroid dienone is 6. The van der Waals surface area contributed by atoms with Crippen LogP contribution in [0.4, 0.5) is 0 Å². The van der Waals surface area contributed by atoms with Crippen molar-refractivity contribution in [1.29, 1.82) is 0 Å². The Morgan fingerprint density at radius 2 is 1.82 bits per heavy atom. The van der Waals surface area contributed by atoms with E-state index in [-0.39, 0.29) is 11.7 Å². The van der Waals surface area contributed by atoms with E-state index in [1.807, 2.05) is 30.4 Å². The topological polar surface area (TPSA) is 26.3 Å². The smallest absolute Gasteiger partial charge is 0.185 e. The maximum Gasteiger partial charge on any atom is 0.185 e. The number of ketones is 1. The van der Waals surface area contributed by atoms with Crippen molar-refractivity contribution in [2.75, 3.05) is 7.11 Å². The predicted molar refractivity (Wildman–Crippen MR) is 68.2 cm³/mol. The third-order valence-corrected chi connectivity index (χ3v) is 2.62. The molecule has 0 spiro atoms. The maximum absolute atomic E-state index is 11.8. The Labute approximate surface area is 101 Å². The van der Waals surface area contributed by atoms with Crippen molar-refractivity contribution in [2.45, 2.75) is 0 Å². The van der Waals surface area contributed by atoms with Crippen molar-refractivity contribution in [2.24, 2.45) is 5.92 Å². The highest BCUT2D eigenvalue weighted by Gasteiger charge is 2.03. The molecule has 1 aromatic rings. The Morgan fingerprint density at radius 3 is 2.41 bits per heavy atom. The first kappa shape index (κ1) is 11.4. The molecule has 0 aliphatic heterocycles. The van der Waals surface area contributed by atoms with Gasteiger partial charge in [0.05, 0.1) is 7.11 Å². The van der Waals surface area contributed by atoms with Gasteiger partial charge >= 0.3 is 0 Å². The van der Waals surface area contributed by atoms with Crippen molar-refractivity contribution in [1.82, 2.24) is 0 Å². The number of hydrogen-bond acceptors (Lipinski definition) is 2. The zero-order chi connectivity index (χ0) is 12.1. The summed E-state index contributed by atoms with van der Waals surface area (Å²) in [5, 5.41) is 0. The highest BCUT2D eigenvalue weighted by Crippen LogP contribution is 2.14. The minimum atomic E-state index is 0.0151. The number of rotatable bonds is 4. The van der Waals surface area contributed by atoms with Gasteiger partial charge in [-0.1, -0.05) is 30.4 Å². The number of carbonyl (C=O) groups is 1. The Kier molecular flexibility index (Phi) is 3.55. The second-order valence-corrected chi connectivity index (χ2v) is 3.80. The number of benzene rings is 1. The standard InChI is InChI=1S/C15H14O2/c1-17-14-9-7-13(8-10-14)15(16)11-6-12-4-2-3-5-12/h2-12H,1H3/b11-6+. The van der Waals surface area contributed by atoms with Gasteiger partial charge in [0, 0.05) is 11.5 Å². The molecule has 0 saturated carbocycles. The third-order valence-electron chi connectivity index (χ3n) is 2.62. The summed E-state index contributed by atoms with van der Waals surface area (Å²) in [5.74, 6) is 1.02. The molecular weight excluding hydrogens is 212 g/mol. The van der Waals surface area contributed by atoms with Crippen LogP contribution in [0.25, 0.3) is 0 Å². The molecule has 0 bridgehead atoms. The average molecular weight is 226 g/mol. The lowest BCUT2D eigenvalue weighted by atomic mass is 10.1. The summed E-state index contributed by atoms with van der Waals surface area (Å²) >= 11 is 0. The van der Waals surface area contributed by atoms with E-state index >= 15 is 0 Å². The van der Waals surface area contributed by atoms with Crippen LogP contribution >= 0.6 is 0 Å². The molecule has 1 aliphatic rings. The van der Waals surface area contributed by atoms with Crippen LogP contribution in [-0.2, 0) is 0 Å². The monoisotopic (exact) mass is 226 g/mol. The molecule has 0 radical (unpaired) electrons. The summed E-state index contributed by atoms with van der Waals surface area (Å²) in [5.41, 5.74) is 0.674. The van der Waals surface area contributed by atoms with Gasteiger partial charge in [-0.3, -0.25) is 4.79 Å². The van der Waals surface area contributed by atoms with Crippen molar-refractivity contribution in [3.63, 3.8) is 0 Å². The van der Waals surface area contributed by atoms with Gasteiger partial charge < -0.3 is 4.74 Å². The van der Waals surface area contributed by atoms with E-state index in [4.69, 9.17) is 4.74 Å². The molecule has 2 rings (SSSR count). The van der Waals surface area contributed by atoms with Gasteiger partial charge in [-0.2, -0.15) is 0 Å². The molecule has 86 valence electrons.